The Morgan fingerprint density at radius 2 is 1.70 bits per heavy atom. The number of carbonyl (C=O) groups is 2. The summed E-state index contributed by atoms with van der Waals surface area (Å²) in [6, 6.07) is 11.7. The molecule has 0 atom stereocenters. The maximum absolute atomic E-state index is 13.5. The van der Waals surface area contributed by atoms with Crippen molar-refractivity contribution >= 4 is 38.9 Å². The van der Waals surface area contributed by atoms with Gasteiger partial charge in [0.25, 0.3) is 28.3 Å². The molecule has 19 heteroatoms. The minimum Gasteiger partial charge on any atom is -0.491 e. The minimum atomic E-state index is -5.14. The molecule has 2 aliphatic rings. The third kappa shape index (κ3) is 8.18. The predicted molar refractivity (Wildman–Crippen MR) is 180 cm³/mol. The molecule has 1 saturated carbocycles. The van der Waals surface area contributed by atoms with Crippen LogP contribution in [0.3, 0.4) is 0 Å². The zero-order valence-corrected chi connectivity index (χ0v) is 29.9. The summed E-state index contributed by atoms with van der Waals surface area (Å²) in [6.45, 7) is 4.97. The summed E-state index contributed by atoms with van der Waals surface area (Å²) in [5.74, 6) is -1.18. The van der Waals surface area contributed by atoms with Crippen molar-refractivity contribution < 1.29 is 54.2 Å². The number of halogens is 5. The van der Waals surface area contributed by atoms with Gasteiger partial charge in [-0.1, -0.05) is 36.4 Å². The number of hydrogen-bond donors (Lipinski definition) is 1. The maximum atomic E-state index is 13.5. The molecular weight excluding hydrogens is 731 g/mol. The van der Waals surface area contributed by atoms with Gasteiger partial charge in [-0.25, -0.2) is 21.9 Å². The quantitative estimate of drug-likeness (QED) is 0.179. The van der Waals surface area contributed by atoms with Gasteiger partial charge in [-0.15, -0.1) is 5.10 Å². The number of nitrogens with one attached hydrogen (secondary N) is 1. The van der Waals surface area contributed by atoms with E-state index in [0.29, 0.717) is 12.6 Å². The van der Waals surface area contributed by atoms with Gasteiger partial charge in [0, 0.05) is 18.0 Å². The first kappa shape index (κ1) is 38.9. The second kappa shape index (κ2) is 15.0. The number of benzene rings is 2. The largest absolute Gasteiger partial charge is 0.491 e. The molecule has 6 rings (SSSR count). The van der Waals surface area contributed by atoms with Crippen molar-refractivity contribution in [2.45, 2.75) is 56.6 Å². The van der Waals surface area contributed by atoms with E-state index in [1.165, 1.54) is 20.4 Å². The van der Waals surface area contributed by atoms with Gasteiger partial charge in [-0.2, -0.15) is 27.7 Å². The molecule has 1 aliphatic carbocycles. The molecule has 0 bridgehead atoms. The highest BCUT2D eigenvalue weighted by Crippen LogP contribution is 2.41. The van der Waals surface area contributed by atoms with Crippen LogP contribution in [0.1, 0.15) is 44.7 Å². The number of hydrogen-bond acceptors (Lipinski definition) is 10. The third-order valence-corrected chi connectivity index (χ3v) is 9.83. The van der Waals surface area contributed by atoms with E-state index in [1.54, 1.807) is 9.62 Å². The molecule has 284 valence electrons. The number of ketones is 1. The maximum Gasteiger partial charge on any atom is 0.417 e. The fourth-order valence-electron chi connectivity index (χ4n) is 5.72. The van der Waals surface area contributed by atoms with Crippen molar-refractivity contribution in [3.8, 4) is 17.5 Å². The van der Waals surface area contributed by atoms with Gasteiger partial charge < -0.3 is 19.1 Å². The van der Waals surface area contributed by atoms with E-state index in [4.69, 9.17) is 9.47 Å². The fourth-order valence-corrected chi connectivity index (χ4v) is 7.02. The number of rotatable bonds is 12. The Morgan fingerprint density at radius 3 is 2.28 bits per heavy atom. The number of carbonyl (C=O) groups excluding carboxylic acids is 2. The number of nitrogens with zero attached hydrogens (tertiary/aromatic N) is 5. The van der Waals surface area contributed by atoms with Gasteiger partial charge in [0.1, 0.15) is 17.3 Å². The first-order valence-corrected chi connectivity index (χ1v) is 17.5. The highest BCUT2D eigenvalue weighted by atomic mass is 32.2. The Balaban J connectivity index is 0.000000222. The van der Waals surface area contributed by atoms with Gasteiger partial charge >= 0.3 is 12.2 Å². The highest BCUT2D eigenvalue weighted by Gasteiger charge is 2.47. The van der Waals surface area contributed by atoms with Crippen molar-refractivity contribution in [2.75, 3.05) is 32.1 Å². The van der Waals surface area contributed by atoms with Crippen molar-refractivity contribution in [2.24, 2.45) is 5.92 Å². The summed E-state index contributed by atoms with van der Waals surface area (Å²) in [4.78, 5) is 33.4. The normalized spacial score (nSPS) is 15.1. The molecule has 0 spiro atoms. The van der Waals surface area contributed by atoms with Crippen molar-refractivity contribution in [1.82, 2.24) is 24.5 Å². The van der Waals surface area contributed by atoms with Gasteiger partial charge in [0.15, 0.2) is 11.5 Å². The third-order valence-electron chi connectivity index (χ3n) is 8.42. The van der Waals surface area contributed by atoms with E-state index >= 15 is 0 Å². The molecule has 4 aromatic rings. The second-order valence-electron chi connectivity index (χ2n) is 12.5. The lowest BCUT2D eigenvalue weighted by Gasteiger charge is -2.34. The summed E-state index contributed by atoms with van der Waals surface area (Å²) in [6.07, 6.45) is -5.04. The van der Waals surface area contributed by atoms with Crippen LogP contribution in [-0.4, -0.2) is 83.9 Å². The number of sulfonamides is 1. The molecule has 53 heavy (non-hydrogen) atoms. The molecular formula is C34H35F5N6O7S. The summed E-state index contributed by atoms with van der Waals surface area (Å²) >= 11 is 0. The first-order chi connectivity index (χ1) is 24.9. The van der Waals surface area contributed by atoms with Gasteiger partial charge in [-0.3, -0.25) is 9.59 Å². The second-order valence-corrected chi connectivity index (χ2v) is 14.2. The van der Waals surface area contributed by atoms with Crippen LogP contribution in [-0.2, 0) is 25.8 Å². The number of aromatic nitrogens is 4. The molecule has 0 unspecified atom stereocenters. The Hall–Kier alpha value is -5.33. The van der Waals surface area contributed by atoms with Crippen LogP contribution in [0, 0.1) is 5.92 Å². The Kier molecular flexibility index (Phi) is 11.0. The number of Topliss-reactive ketones (excluding diaryl/α,β-unsaturated/α-hetero) is 1. The molecule has 13 nitrogen and oxygen atoms in total. The molecule has 1 amide bonds. The molecule has 3 heterocycles. The number of fused-ring (bicyclic) bond motifs is 1. The van der Waals surface area contributed by atoms with E-state index in [2.05, 4.69) is 19.8 Å². The topological polar surface area (TPSA) is 154 Å². The van der Waals surface area contributed by atoms with Gasteiger partial charge in [-0.05, 0) is 56.9 Å². The average Bonchev–Trinajstić information content (AvgIpc) is 3.80. The Bertz CT molecular complexity index is 2110. The van der Waals surface area contributed by atoms with E-state index < -0.39 is 56.9 Å². The Morgan fingerprint density at radius 1 is 1.02 bits per heavy atom. The van der Waals surface area contributed by atoms with Crippen LogP contribution in [0.5, 0.6) is 17.5 Å². The summed E-state index contributed by atoms with van der Waals surface area (Å²) < 4.78 is 109. The standard InChI is InChI=1S/C18H21NO2.C16H14F5N5O5S/c1-12-11-19(18(2,3)16(20)14-9-10-14)17(21)15(12)13-7-5-4-6-8-13;1-29-10-6-22-15(30-2)26-13(10)23-14(24-26)25-32(27,28)12-8(16(19,20)21)4-3-5-9(12)31-7-11(17)18/h4-8,14H,9-11H2,1-3H3;3-6,11H,7H2,1-2H3,(H,24,25). The lowest BCUT2D eigenvalue weighted by atomic mass is 9.93. The molecule has 0 saturated heterocycles. The average molecular weight is 767 g/mol. The van der Waals surface area contributed by atoms with E-state index in [9.17, 15) is 40.0 Å². The molecule has 2 aromatic heterocycles. The van der Waals surface area contributed by atoms with Crippen molar-refractivity contribution in [3.63, 3.8) is 0 Å². The van der Waals surface area contributed by atoms with Crippen LogP contribution < -0.4 is 18.9 Å². The summed E-state index contributed by atoms with van der Waals surface area (Å²) in [7, 11) is -2.56. The highest BCUT2D eigenvalue weighted by molar-refractivity contribution is 7.92. The minimum absolute atomic E-state index is 0.0160. The number of anilines is 1. The van der Waals surface area contributed by atoms with Crippen molar-refractivity contribution in [3.05, 3.63) is 71.4 Å². The van der Waals surface area contributed by atoms with Crippen LogP contribution in [0.15, 0.2) is 65.2 Å². The monoisotopic (exact) mass is 766 g/mol. The molecule has 2 aromatic carbocycles. The first-order valence-electron chi connectivity index (χ1n) is 16.0. The lowest BCUT2D eigenvalue weighted by Crippen LogP contribution is -2.52. The molecule has 1 N–H and O–H groups in total. The number of methoxy groups -OCH3 is 2. The van der Waals surface area contributed by atoms with E-state index in [1.807, 2.05) is 51.1 Å². The Labute approximate surface area is 300 Å². The molecule has 1 aliphatic heterocycles. The molecule has 0 radical (unpaired) electrons. The smallest absolute Gasteiger partial charge is 0.417 e. The zero-order valence-electron chi connectivity index (χ0n) is 29.1. The van der Waals surface area contributed by atoms with E-state index in [0.717, 1.165) is 46.2 Å². The van der Waals surface area contributed by atoms with Crippen LogP contribution in [0.4, 0.5) is 27.9 Å². The predicted octanol–water partition coefficient (Wildman–Crippen LogP) is 5.67. The van der Waals surface area contributed by atoms with E-state index in [-0.39, 0.29) is 35.0 Å². The SMILES string of the molecule is CC1=C(c2ccccc2)C(=O)N(C(C)(C)C(=O)C2CC2)C1.COc1cnc(OC)n2nc(NS(=O)(=O)c3c(OCC(F)F)cccc3C(F)(F)F)nc12. The van der Waals surface area contributed by atoms with Crippen LogP contribution in [0.2, 0.25) is 0 Å². The van der Waals surface area contributed by atoms with Gasteiger partial charge in [0.2, 0.25) is 5.65 Å². The summed E-state index contributed by atoms with van der Waals surface area (Å²) in [5, 5.41) is 3.80. The van der Waals surface area contributed by atoms with Gasteiger partial charge in [0.05, 0.1) is 31.5 Å². The number of ether oxygens (including phenoxy) is 3. The fraction of sp³-hybridized carbons (Fsp3) is 0.382. The zero-order chi connectivity index (χ0) is 38.9. The number of amides is 1. The lowest BCUT2D eigenvalue weighted by molar-refractivity contribution is -0.140. The van der Waals surface area contributed by atoms with Crippen LogP contribution in [0.25, 0.3) is 11.2 Å². The number of alkyl halides is 5. The van der Waals surface area contributed by atoms with Crippen molar-refractivity contribution in [1.29, 1.82) is 0 Å². The van der Waals surface area contributed by atoms with Crippen LogP contribution >= 0.6 is 0 Å². The molecule has 1 fully saturated rings. The summed E-state index contributed by atoms with van der Waals surface area (Å²) in [5.41, 5.74) is 0.343.